The van der Waals surface area contributed by atoms with Gasteiger partial charge in [0, 0.05) is 16.5 Å². The van der Waals surface area contributed by atoms with E-state index in [-0.39, 0.29) is 18.4 Å². The second kappa shape index (κ2) is 9.11. The molecule has 4 aromatic rings. The van der Waals surface area contributed by atoms with Crippen LogP contribution in [0.2, 0.25) is 0 Å². The number of hydrogen-bond acceptors (Lipinski definition) is 4. The smallest absolute Gasteiger partial charge is 0.257 e. The van der Waals surface area contributed by atoms with Crippen LogP contribution in [0.3, 0.4) is 0 Å². The van der Waals surface area contributed by atoms with Crippen LogP contribution in [-0.2, 0) is 11.3 Å². The maximum Gasteiger partial charge on any atom is 0.257 e. The van der Waals surface area contributed by atoms with Crippen LogP contribution in [0, 0.1) is 0 Å². The van der Waals surface area contributed by atoms with Gasteiger partial charge in [-0.25, -0.2) is 0 Å². The van der Waals surface area contributed by atoms with Crippen molar-refractivity contribution in [2.75, 3.05) is 7.11 Å². The molecule has 0 saturated carbocycles. The molecule has 0 fully saturated rings. The van der Waals surface area contributed by atoms with E-state index in [1.54, 1.807) is 12.0 Å². The Kier molecular flexibility index (Phi) is 5.96. The maximum absolute atomic E-state index is 14.1. The van der Waals surface area contributed by atoms with E-state index < -0.39 is 11.6 Å². The number of benzene rings is 3. The molecule has 6 nitrogen and oxygen atoms in total. The third kappa shape index (κ3) is 4.31. The lowest BCUT2D eigenvalue weighted by atomic mass is 9.94. The minimum Gasteiger partial charge on any atom is -0.497 e. The number of nitrogens with one attached hydrogen (secondary N) is 1. The van der Waals surface area contributed by atoms with Gasteiger partial charge in [0.05, 0.1) is 30.4 Å². The van der Waals surface area contributed by atoms with Gasteiger partial charge in [0.2, 0.25) is 5.91 Å². The van der Waals surface area contributed by atoms with Crippen LogP contribution < -0.4 is 10.1 Å². The monoisotopic (exact) mass is 479 g/mol. The number of hydrogen-bond donors (Lipinski definition) is 1. The number of ether oxygens (including phenoxy) is 1. The lowest BCUT2D eigenvalue weighted by molar-refractivity contribution is -0.127. The molecule has 182 valence electrons. The predicted molar refractivity (Wildman–Crippen MR) is 141 cm³/mol. The Morgan fingerprint density at radius 1 is 0.972 bits per heavy atom. The van der Waals surface area contributed by atoms with Crippen LogP contribution in [-0.4, -0.2) is 34.3 Å². The van der Waals surface area contributed by atoms with Gasteiger partial charge in [0.15, 0.2) is 0 Å². The molecular formula is C30H29N3O3. The Morgan fingerprint density at radius 2 is 1.64 bits per heavy atom. The highest BCUT2D eigenvalue weighted by Gasteiger charge is 2.41. The van der Waals surface area contributed by atoms with Gasteiger partial charge in [0.25, 0.3) is 5.91 Å². The van der Waals surface area contributed by atoms with E-state index in [2.05, 4.69) is 5.32 Å². The van der Waals surface area contributed by atoms with Gasteiger partial charge in [-0.15, -0.1) is 0 Å². The normalized spacial score (nSPS) is 14.0. The van der Waals surface area contributed by atoms with Gasteiger partial charge in [0.1, 0.15) is 11.8 Å². The Hall–Kier alpha value is -4.19. The van der Waals surface area contributed by atoms with Crippen molar-refractivity contribution in [2.45, 2.75) is 38.9 Å². The van der Waals surface area contributed by atoms with Gasteiger partial charge in [-0.05, 0) is 50.1 Å². The van der Waals surface area contributed by atoms with Crippen LogP contribution in [0.25, 0.3) is 22.0 Å². The van der Waals surface area contributed by atoms with Gasteiger partial charge >= 0.3 is 0 Å². The molecule has 0 spiro atoms. The molecule has 36 heavy (non-hydrogen) atoms. The lowest BCUT2D eigenvalue weighted by Crippen LogP contribution is -2.47. The molecule has 1 aliphatic heterocycles. The quantitative estimate of drug-likeness (QED) is 0.409. The molecule has 5 rings (SSSR count). The highest BCUT2D eigenvalue weighted by molar-refractivity contribution is 6.12. The first-order valence-electron chi connectivity index (χ1n) is 12.0. The third-order valence-electron chi connectivity index (χ3n) is 6.30. The molecule has 2 amide bonds. The summed E-state index contributed by atoms with van der Waals surface area (Å²) in [5.41, 5.74) is 4.02. The SMILES string of the molecule is COc1ccc2nc3c(c(-c4ccccc4)c2c1)C(=O)N(C(C(=O)NC(C)(C)C)c1ccccc1)C3. The van der Waals surface area contributed by atoms with Gasteiger partial charge in [-0.2, -0.15) is 0 Å². The van der Waals surface area contributed by atoms with Crippen LogP contribution >= 0.6 is 0 Å². The molecule has 6 heteroatoms. The highest BCUT2D eigenvalue weighted by atomic mass is 16.5. The Balaban J connectivity index is 1.69. The fourth-order valence-electron chi connectivity index (χ4n) is 4.80. The Labute approximate surface area is 210 Å². The van der Waals surface area contributed by atoms with Crippen LogP contribution in [0.5, 0.6) is 5.75 Å². The molecular weight excluding hydrogens is 450 g/mol. The van der Waals surface area contributed by atoms with Crippen LogP contribution in [0.4, 0.5) is 0 Å². The maximum atomic E-state index is 14.1. The summed E-state index contributed by atoms with van der Waals surface area (Å²) in [5, 5.41) is 3.90. The molecule has 0 saturated heterocycles. The first kappa shape index (κ1) is 23.5. The van der Waals surface area contributed by atoms with E-state index in [9.17, 15) is 9.59 Å². The van der Waals surface area contributed by atoms with Crippen molar-refractivity contribution in [1.29, 1.82) is 0 Å². The van der Waals surface area contributed by atoms with Crippen molar-refractivity contribution < 1.29 is 14.3 Å². The molecule has 1 atom stereocenters. The molecule has 3 aromatic carbocycles. The lowest BCUT2D eigenvalue weighted by Gasteiger charge is -2.30. The minimum atomic E-state index is -0.784. The average Bonchev–Trinajstić information content (AvgIpc) is 3.17. The van der Waals surface area contributed by atoms with Crippen molar-refractivity contribution in [1.82, 2.24) is 15.2 Å². The van der Waals surface area contributed by atoms with E-state index in [1.165, 1.54) is 0 Å². The second-order valence-electron chi connectivity index (χ2n) is 10.0. The van der Waals surface area contributed by atoms with E-state index >= 15 is 0 Å². The van der Waals surface area contributed by atoms with Gasteiger partial charge in [-0.1, -0.05) is 60.7 Å². The van der Waals surface area contributed by atoms with Crippen molar-refractivity contribution in [3.63, 3.8) is 0 Å². The van der Waals surface area contributed by atoms with Crippen LogP contribution in [0.1, 0.15) is 48.4 Å². The summed E-state index contributed by atoms with van der Waals surface area (Å²) < 4.78 is 5.48. The molecule has 0 radical (unpaired) electrons. The summed E-state index contributed by atoms with van der Waals surface area (Å²) in [6.07, 6.45) is 0. The molecule has 0 bridgehead atoms. The average molecular weight is 480 g/mol. The topological polar surface area (TPSA) is 71.5 Å². The molecule has 0 aliphatic carbocycles. The fourth-order valence-corrected chi connectivity index (χ4v) is 4.80. The van der Waals surface area contributed by atoms with E-state index in [4.69, 9.17) is 9.72 Å². The Bertz CT molecular complexity index is 1440. The summed E-state index contributed by atoms with van der Waals surface area (Å²) in [6, 6.07) is 24.2. The van der Waals surface area contributed by atoms with Gasteiger partial charge in [-0.3, -0.25) is 14.6 Å². The minimum absolute atomic E-state index is 0.209. The standard InChI is InChI=1S/C30H29N3O3/c1-30(2,3)32-28(34)27(20-13-9-6-10-14-20)33-18-24-26(29(33)35)25(19-11-7-5-8-12-19)22-17-21(36-4)15-16-23(22)31-24/h5-17,27H,18H2,1-4H3,(H,32,34). The van der Waals surface area contributed by atoms with Crippen molar-refractivity contribution in [3.8, 4) is 16.9 Å². The molecule has 2 heterocycles. The highest BCUT2D eigenvalue weighted by Crippen LogP contribution is 2.41. The number of rotatable bonds is 5. The van der Waals surface area contributed by atoms with Crippen molar-refractivity contribution in [3.05, 3.63) is 95.7 Å². The van der Waals surface area contributed by atoms with Crippen molar-refractivity contribution >= 4 is 22.7 Å². The Morgan fingerprint density at radius 3 is 2.28 bits per heavy atom. The van der Waals surface area contributed by atoms with E-state index in [1.807, 2.05) is 99.6 Å². The number of methoxy groups -OCH3 is 1. The number of fused-ring (bicyclic) bond motifs is 2. The number of carbonyl (C=O) groups excluding carboxylic acids is 2. The first-order valence-corrected chi connectivity index (χ1v) is 12.0. The zero-order chi connectivity index (χ0) is 25.4. The second-order valence-corrected chi connectivity index (χ2v) is 10.0. The predicted octanol–water partition coefficient (Wildman–Crippen LogP) is 5.52. The van der Waals surface area contributed by atoms with E-state index in [0.29, 0.717) is 17.0 Å². The largest absolute Gasteiger partial charge is 0.497 e. The third-order valence-corrected chi connectivity index (χ3v) is 6.30. The zero-order valence-corrected chi connectivity index (χ0v) is 20.9. The summed E-state index contributed by atoms with van der Waals surface area (Å²) in [4.78, 5) is 34.2. The fraction of sp³-hybridized carbons (Fsp3) is 0.233. The van der Waals surface area contributed by atoms with Crippen LogP contribution in [0.15, 0.2) is 78.9 Å². The summed E-state index contributed by atoms with van der Waals surface area (Å²) in [6.45, 7) is 6.04. The number of aromatic nitrogens is 1. The van der Waals surface area contributed by atoms with E-state index in [0.717, 1.165) is 27.6 Å². The van der Waals surface area contributed by atoms with Gasteiger partial charge < -0.3 is 15.0 Å². The first-order chi connectivity index (χ1) is 17.3. The summed E-state index contributed by atoms with van der Waals surface area (Å²) in [7, 11) is 1.62. The van der Waals surface area contributed by atoms with Crippen molar-refractivity contribution in [2.24, 2.45) is 0 Å². The number of amides is 2. The summed E-state index contributed by atoms with van der Waals surface area (Å²) in [5.74, 6) is 0.261. The molecule has 1 N–H and O–H groups in total. The number of pyridine rings is 1. The number of carbonyl (C=O) groups is 2. The molecule has 1 aromatic heterocycles. The molecule has 1 unspecified atom stereocenters. The number of nitrogens with zero attached hydrogens (tertiary/aromatic N) is 2. The summed E-state index contributed by atoms with van der Waals surface area (Å²) >= 11 is 0. The molecule has 1 aliphatic rings. The zero-order valence-electron chi connectivity index (χ0n) is 20.9.